The zero-order valence-corrected chi connectivity index (χ0v) is 20.5. The number of aromatic nitrogens is 5. The molecule has 1 saturated heterocycles. The number of benzene rings is 1. The minimum absolute atomic E-state index is 0.176. The highest BCUT2D eigenvalue weighted by Crippen LogP contribution is 2.37. The van der Waals surface area contributed by atoms with Crippen molar-refractivity contribution in [3.8, 4) is 11.4 Å². The minimum atomic E-state index is -4.73. The minimum Gasteiger partial charge on any atom is -0.489 e. The first kappa shape index (κ1) is 25.0. The van der Waals surface area contributed by atoms with Gasteiger partial charge < -0.3 is 19.1 Å². The summed E-state index contributed by atoms with van der Waals surface area (Å²) in [6.45, 7) is 3.57. The Morgan fingerprint density at radius 3 is 2.54 bits per heavy atom. The molecule has 0 saturated carbocycles. The maximum absolute atomic E-state index is 13.9. The van der Waals surface area contributed by atoms with Crippen molar-refractivity contribution < 1.29 is 27.8 Å². The third-order valence-electron chi connectivity index (χ3n) is 6.43. The highest BCUT2D eigenvalue weighted by molar-refractivity contribution is 5.59. The lowest BCUT2D eigenvalue weighted by Crippen LogP contribution is -2.49. The van der Waals surface area contributed by atoms with Crippen molar-refractivity contribution in [2.75, 3.05) is 19.8 Å². The number of alkyl halides is 3. The molecule has 1 aliphatic heterocycles. The molecule has 5 rings (SSSR count). The molecule has 0 unspecified atom stereocenters. The number of nitrogens with zero attached hydrogens (tertiary/aromatic N) is 5. The van der Waals surface area contributed by atoms with E-state index in [4.69, 9.17) is 9.47 Å². The summed E-state index contributed by atoms with van der Waals surface area (Å²) in [5.41, 5.74) is -2.36. The molecule has 37 heavy (non-hydrogen) atoms. The van der Waals surface area contributed by atoms with Crippen molar-refractivity contribution in [2.45, 2.75) is 37.5 Å². The van der Waals surface area contributed by atoms with Gasteiger partial charge in [-0.3, -0.25) is 8.97 Å². The first-order valence-corrected chi connectivity index (χ1v) is 11.6. The maximum Gasteiger partial charge on any atom is 0.418 e. The van der Waals surface area contributed by atoms with E-state index in [1.807, 2.05) is 17.7 Å². The molecule has 0 radical (unpaired) electrons. The quantitative estimate of drug-likeness (QED) is 0.405. The molecule has 12 heteroatoms. The topological polar surface area (TPSA) is 95.8 Å². The molecular formula is C25H26F3N5O4. The van der Waals surface area contributed by atoms with E-state index in [0.29, 0.717) is 25.3 Å². The molecule has 1 aliphatic rings. The molecule has 1 N–H and O–H groups in total. The third kappa shape index (κ3) is 4.74. The van der Waals surface area contributed by atoms with Crippen LogP contribution in [0.1, 0.15) is 30.8 Å². The summed E-state index contributed by atoms with van der Waals surface area (Å²) in [7, 11) is 1.85. The molecule has 0 spiro atoms. The van der Waals surface area contributed by atoms with Crippen LogP contribution in [-0.4, -0.2) is 54.3 Å². The van der Waals surface area contributed by atoms with E-state index in [1.54, 1.807) is 24.5 Å². The van der Waals surface area contributed by atoms with Crippen LogP contribution in [0.25, 0.3) is 11.2 Å². The molecule has 1 aromatic carbocycles. The predicted octanol–water partition coefficient (Wildman–Crippen LogP) is 2.90. The second-order valence-electron chi connectivity index (χ2n) is 10.1. The number of aryl methyl sites for hydroxylation is 1. The van der Waals surface area contributed by atoms with E-state index in [1.165, 1.54) is 30.8 Å². The van der Waals surface area contributed by atoms with Crippen molar-refractivity contribution in [3.05, 3.63) is 76.5 Å². The zero-order chi connectivity index (χ0) is 26.6. The van der Waals surface area contributed by atoms with Crippen molar-refractivity contribution in [3.63, 3.8) is 0 Å². The van der Waals surface area contributed by atoms with Gasteiger partial charge in [-0.15, -0.1) is 10.2 Å². The summed E-state index contributed by atoms with van der Waals surface area (Å²) in [6.07, 6.45) is -0.184. The lowest BCUT2D eigenvalue weighted by Gasteiger charge is -2.41. The van der Waals surface area contributed by atoms with Crippen molar-refractivity contribution in [1.29, 1.82) is 0 Å². The van der Waals surface area contributed by atoms with Crippen LogP contribution in [0.15, 0.2) is 53.8 Å². The number of fused-ring (bicyclic) bond motifs is 1. The van der Waals surface area contributed by atoms with Gasteiger partial charge in [-0.2, -0.15) is 13.2 Å². The second kappa shape index (κ2) is 8.73. The SMILES string of the molecule is Cn1cnnc1CC1(c2cccc(-n3cc4c(C(F)(F)F)cc(OCC(C)(C)O)cn4c3=O)c2)COC1. The first-order chi connectivity index (χ1) is 17.4. The van der Waals surface area contributed by atoms with Gasteiger partial charge in [-0.05, 0) is 37.6 Å². The number of aliphatic hydroxyl groups is 1. The van der Waals surface area contributed by atoms with Crippen LogP contribution in [0.5, 0.6) is 5.75 Å². The highest BCUT2D eigenvalue weighted by Gasteiger charge is 2.42. The molecular weight excluding hydrogens is 491 g/mol. The number of pyridine rings is 1. The largest absolute Gasteiger partial charge is 0.489 e. The average molecular weight is 518 g/mol. The van der Waals surface area contributed by atoms with Crippen molar-refractivity contribution in [2.24, 2.45) is 7.05 Å². The molecule has 3 aromatic heterocycles. The van der Waals surface area contributed by atoms with Gasteiger partial charge in [0.25, 0.3) is 0 Å². The fourth-order valence-electron chi connectivity index (χ4n) is 4.39. The number of hydrogen-bond donors (Lipinski definition) is 1. The monoisotopic (exact) mass is 517 g/mol. The average Bonchev–Trinajstić information content (AvgIpc) is 3.35. The number of hydrogen-bond acceptors (Lipinski definition) is 6. The molecule has 0 atom stereocenters. The van der Waals surface area contributed by atoms with Crippen molar-refractivity contribution >= 4 is 5.52 Å². The molecule has 1 fully saturated rings. The summed E-state index contributed by atoms with van der Waals surface area (Å²) in [5.74, 6) is 0.596. The first-order valence-electron chi connectivity index (χ1n) is 11.6. The Bertz CT molecular complexity index is 1510. The molecule has 9 nitrogen and oxygen atoms in total. The molecule has 0 aliphatic carbocycles. The van der Waals surface area contributed by atoms with Crippen LogP contribution in [0, 0.1) is 0 Å². The predicted molar refractivity (Wildman–Crippen MR) is 127 cm³/mol. The maximum atomic E-state index is 13.9. The summed E-state index contributed by atoms with van der Waals surface area (Å²) >= 11 is 0. The smallest absolute Gasteiger partial charge is 0.418 e. The number of halogens is 3. The lowest BCUT2D eigenvalue weighted by atomic mass is 9.75. The summed E-state index contributed by atoms with van der Waals surface area (Å²) in [6, 6.07) is 7.96. The fourth-order valence-corrected chi connectivity index (χ4v) is 4.39. The van der Waals surface area contributed by atoms with Gasteiger partial charge in [0.2, 0.25) is 0 Å². The Balaban J connectivity index is 1.58. The summed E-state index contributed by atoms with van der Waals surface area (Å²) < 4.78 is 56.7. The van der Waals surface area contributed by atoms with Gasteiger partial charge in [0.1, 0.15) is 24.5 Å². The van der Waals surface area contributed by atoms with Gasteiger partial charge >= 0.3 is 11.9 Å². The van der Waals surface area contributed by atoms with Gasteiger partial charge in [-0.25, -0.2) is 4.79 Å². The van der Waals surface area contributed by atoms with E-state index in [2.05, 4.69) is 10.2 Å². The highest BCUT2D eigenvalue weighted by atomic mass is 19.4. The van der Waals surface area contributed by atoms with Crippen LogP contribution in [0.4, 0.5) is 13.2 Å². The fraction of sp³-hybridized carbons (Fsp3) is 0.400. The van der Waals surface area contributed by atoms with E-state index >= 15 is 0 Å². The molecule has 196 valence electrons. The van der Waals surface area contributed by atoms with E-state index in [9.17, 15) is 23.1 Å². The third-order valence-corrected chi connectivity index (χ3v) is 6.43. The van der Waals surface area contributed by atoms with Gasteiger partial charge in [-0.1, -0.05) is 12.1 Å². The Kier molecular flexibility index (Phi) is 5.91. The zero-order valence-electron chi connectivity index (χ0n) is 20.5. The Morgan fingerprint density at radius 2 is 1.95 bits per heavy atom. The van der Waals surface area contributed by atoms with E-state index in [0.717, 1.165) is 21.9 Å². The number of imidazole rings is 1. The molecule has 4 heterocycles. The van der Waals surface area contributed by atoms with Crippen molar-refractivity contribution in [1.82, 2.24) is 23.7 Å². The Hall–Kier alpha value is -3.64. The van der Waals surface area contributed by atoms with Crippen LogP contribution < -0.4 is 10.4 Å². The lowest BCUT2D eigenvalue weighted by molar-refractivity contribution is -0.136. The van der Waals surface area contributed by atoms with Crippen LogP contribution in [0.3, 0.4) is 0 Å². The number of ether oxygens (including phenoxy) is 2. The number of rotatable bonds is 7. The van der Waals surface area contributed by atoms with Gasteiger partial charge in [0, 0.05) is 25.1 Å². The Labute approximate surface area is 209 Å². The van der Waals surface area contributed by atoms with E-state index in [-0.39, 0.29) is 17.9 Å². The molecule has 0 bridgehead atoms. The molecule has 0 amide bonds. The normalized spacial score (nSPS) is 15.6. The molecule has 4 aromatic rings. The Morgan fingerprint density at radius 1 is 1.19 bits per heavy atom. The van der Waals surface area contributed by atoms with Gasteiger partial charge in [0.05, 0.1) is 41.8 Å². The van der Waals surface area contributed by atoms with E-state index < -0.39 is 28.4 Å². The standard InChI is InChI=1S/C25H26F3N5O4/c1-23(2,35)12-37-18-8-19(25(26,27)28)20-11-32(22(34)33(20)10-18)17-6-4-5-16(7-17)24(13-36-14-24)9-21-30-29-15-31(21)3/h4-8,10-11,15,35H,9,12-14H2,1-3H3. The van der Waals surface area contributed by atoms with Crippen LogP contribution in [-0.2, 0) is 29.8 Å². The summed E-state index contributed by atoms with van der Waals surface area (Å²) in [4.78, 5) is 13.3. The summed E-state index contributed by atoms with van der Waals surface area (Å²) in [5, 5.41) is 18.0. The van der Waals surface area contributed by atoms with Crippen LogP contribution in [0.2, 0.25) is 0 Å². The van der Waals surface area contributed by atoms with Crippen LogP contribution >= 0.6 is 0 Å². The van der Waals surface area contributed by atoms with Gasteiger partial charge in [0.15, 0.2) is 0 Å². The second-order valence-corrected chi connectivity index (χ2v) is 10.1.